The Morgan fingerprint density at radius 1 is 1.35 bits per heavy atom. The van der Waals surface area contributed by atoms with Gasteiger partial charge in [-0.1, -0.05) is 13.8 Å². The second-order valence-corrected chi connectivity index (χ2v) is 5.83. The minimum atomic E-state index is -4.23. The summed E-state index contributed by atoms with van der Waals surface area (Å²) >= 11 is 0. The second kappa shape index (κ2) is 8.08. The second-order valence-electron chi connectivity index (χ2n) is 5.83. The molecular weight excluding hydrogens is 293 g/mol. The average molecular weight is 317 g/mol. The SMILES string of the molecule is CC(C)C[C@H](N)C(=O)N(CCC(F)(F)F)CC1CC1.Cl. The van der Waals surface area contributed by atoms with Crippen LogP contribution in [-0.2, 0) is 4.79 Å². The van der Waals surface area contributed by atoms with E-state index in [1.165, 1.54) is 4.90 Å². The molecule has 0 aromatic carbocycles. The summed E-state index contributed by atoms with van der Waals surface area (Å²) in [5.41, 5.74) is 5.78. The van der Waals surface area contributed by atoms with Crippen LogP contribution in [0, 0.1) is 11.8 Å². The zero-order valence-electron chi connectivity index (χ0n) is 11.9. The third kappa shape index (κ3) is 7.94. The number of carbonyl (C=O) groups excluding carboxylic acids is 1. The zero-order valence-corrected chi connectivity index (χ0v) is 12.8. The predicted octanol–water partition coefficient (Wildman–Crippen LogP) is 2.97. The summed E-state index contributed by atoms with van der Waals surface area (Å²) in [6, 6.07) is -0.688. The largest absolute Gasteiger partial charge is 0.390 e. The third-order valence-corrected chi connectivity index (χ3v) is 3.19. The van der Waals surface area contributed by atoms with Gasteiger partial charge in [-0.2, -0.15) is 13.2 Å². The highest BCUT2D eigenvalue weighted by molar-refractivity contribution is 5.85. The fourth-order valence-electron chi connectivity index (χ4n) is 2.01. The molecule has 0 aromatic rings. The Bertz CT molecular complexity index is 306. The maximum Gasteiger partial charge on any atom is 0.390 e. The van der Waals surface area contributed by atoms with Crippen molar-refractivity contribution in [2.45, 2.75) is 51.7 Å². The molecule has 1 fully saturated rings. The quantitative estimate of drug-likeness (QED) is 0.785. The average Bonchev–Trinajstić information content (AvgIpc) is 3.04. The molecular formula is C13H24ClF3N2O. The van der Waals surface area contributed by atoms with E-state index in [2.05, 4.69) is 0 Å². The fraction of sp³-hybridized carbons (Fsp3) is 0.923. The number of amides is 1. The number of carbonyl (C=O) groups is 1. The van der Waals surface area contributed by atoms with E-state index >= 15 is 0 Å². The van der Waals surface area contributed by atoms with Crippen molar-refractivity contribution in [2.75, 3.05) is 13.1 Å². The molecule has 7 heteroatoms. The lowest BCUT2D eigenvalue weighted by Crippen LogP contribution is -2.46. The molecule has 1 aliphatic carbocycles. The van der Waals surface area contributed by atoms with Gasteiger partial charge in [0.2, 0.25) is 5.91 Å². The predicted molar refractivity (Wildman–Crippen MR) is 74.7 cm³/mol. The number of hydrogen-bond donors (Lipinski definition) is 1. The van der Waals surface area contributed by atoms with Crippen LogP contribution in [0.2, 0.25) is 0 Å². The van der Waals surface area contributed by atoms with Crippen molar-refractivity contribution in [3.05, 3.63) is 0 Å². The number of alkyl halides is 3. The summed E-state index contributed by atoms with van der Waals surface area (Å²) in [5.74, 6) is 0.276. The normalized spacial score (nSPS) is 16.8. The van der Waals surface area contributed by atoms with Gasteiger partial charge in [-0.15, -0.1) is 12.4 Å². The van der Waals surface area contributed by atoms with Gasteiger partial charge in [0, 0.05) is 13.1 Å². The van der Waals surface area contributed by atoms with E-state index < -0.39 is 18.6 Å². The van der Waals surface area contributed by atoms with Gasteiger partial charge in [0.15, 0.2) is 0 Å². The Morgan fingerprint density at radius 2 is 1.90 bits per heavy atom. The van der Waals surface area contributed by atoms with Crippen molar-refractivity contribution in [3.63, 3.8) is 0 Å². The third-order valence-electron chi connectivity index (χ3n) is 3.19. The van der Waals surface area contributed by atoms with Crippen molar-refractivity contribution < 1.29 is 18.0 Å². The van der Waals surface area contributed by atoms with Crippen molar-refractivity contribution in [2.24, 2.45) is 17.6 Å². The van der Waals surface area contributed by atoms with Gasteiger partial charge < -0.3 is 10.6 Å². The number of nitrogens with two attached hydrogens (primary N) is 1. The summed E-state index contributed by atoms with van der Waals surface area (Å²) < 4.78 is 36.8. The first kappa shape index (κ1) is 19.5. The van der Waals surface area contributed by atoms with E-state index in [0.29, 0.717) is 18.9 Å². The Balaban J connectivity index is 0.00000361. The Labute approximate surface area is 124 Å². The molecule has 0 heterocycles. The molecule has 1 aliphatic rings. The lowest BCUT2D eigenvalue weighted by atomic mass is 10.0. The summed E-state index contributed by atoms with van der Waals surface area (Å²) in [7, 11) is 0. The van der Waals surface area contributed by atoms with Gasteiger partial charge in [0.1, 0.15) is 0 Å². The fourth-order valence-corrected chi connectivity index (χ4v) is 2.01. The van der Waals surface area contributed by atoms with Crippen molar-refractivity contribution in [1.82, 2.24) is 4.90 Å². The van der Waals surface area contributed by atoms with Gasteiger partial charge in [-0.25, -0.2) is 0 Å². The first-order valence-corrected chi connectivity index (χ1v) is 6.80. The van der Waals surface area contributed by atoms with Crippen LogP contribution in [0.1, 0.15) is 39.5 Å². The highest BCUT2D eigenvalue weighted by Crippen LogP contribution is 2.30. The summed E-state index contributed by atoms with van der Waals surface area (Å²) in [4.78, 5) is 13.4. The molecule has 2 N–H and O–H groups in total. The van der Waals surface area contributed by atoms with Gasteiger partial charge >= 0.3 is 6.18 Å². The maximum atomic E-state index is 12.3. The van der Waals surface area contributed by atoms with Crippen LogP contribution in [0.4, 0.5) is 13.2 Å². The van der Waals surface area contributed by atoms with E-state index in [4.69, 9.17) is 5.73 Å². The number of rotatable bonds is 7. The summed E-state index contributed by atoms with van der Waals surface area (Å²) in [6.45, 7) is 4.02. The lowest BCUT2D eigenvalue weighted by molar-refractivity contribution is -0.146. The Hall–Kier alpha value is -0.490. The molecule has 3 nitrogen and oxygen atoms in total. The molecule has 1 amide bonds. The maximum absolute atomic E-state index is 12.3. The Morgan fingerprint density at radius 3 is 2.30 bits per heavy atom. The lowest BCUT2D eigenvalue weighted by Gasteiger charge is -2.27. The van der Waals surface area contributed by atoms with Crippen LogP contribution in [0.15, 0.2) is 0 Å². The molecule has 0 bridgehead atoms. The van der Waals surface area contributed by atoms with Gasteiger partial charge in [0.05, 0.1) is 12.5 Å². The molecule has 0 spiro atoms. The summed E-state index contributed by atoms with van der Waals surface area (Å²) in [5, 5.41) is 0. The standard InChI is InChI=1S/C13H23F3N2O.ClH/c1-9(2)7-11(17)12(19)18(8-10-3-4-10)6-5-13(14,15)16;/h9-11H,3-8,17H2,1-2H3;1H/t11-;/m0./s1. The highest BCUT2D eigenvalue weighted by Gasteiger charge is 2.33. The molecule has 0 aromatic heterocycles. The molecule has 20 heavy (non-hydrogen) atoms. The molecule has 120 valence electrons. The van der Waals surface area contributed by atoms with Gasteiger partial charge in [-0.3, -0.25) is 4.79 Å². The van der Waals surface area contributed by atoms with Crippen LogP contribution in [-0.4, -0.2) is 36.1 Å². The van der Waals surface area contributed by atoms with E-state index in [9.17, 15) is 18.0 Å². The smallest absolute Gasteiger partial charge is 0.341 e. The number of hydrogen-bond acceptors (Lipinski definition) is 2. The molecule has 0 unspecified atom stereocenters. The van der Waals surface area contributed by atoms with Crippen LogP contribution in [0.3, 0.4) is 0 Å². The van der Waals surface area contributed by atoms with E-state index in [1.807, 2.05) is 13.8 Å². The first-order valence-electron chi connectivity index (χ1n) is 6.80. The van der Waals surface area contributed by atoms with Crippen molar-refractivity contribution in [3.8, 4) is 0 Å². The van der Waals surface area contributed by atoms with E-state index in [0.717, 1.165) is 12.8 Å². The monoisotopic (exact) mass is 316 g/mol. The van der Waals surface area contributed by atoms with Crippen LogP contribution in [0.25, 0.3) is 0 Å². The molecule has 1 atom stereocenters. The number of halogens is 4. The minimum Gasteiger partial charge on any atom is -0.341 e. The molecule has 1 rings (SSSR count). The van der Waals surface area contributed by atoms with Gasteiger partial charge in [-0.05, 0) is 31.1 Å². The topological polar surface area (TPSA) is 46.3 Å². The number of nitrogens with zero attached hydrogens (tertiary/aromatic N) is 1. The van der Waals surface area contributed by atoms with Gasteiger partial charge in [0.25, 0.3) is 0 Å². The molecule has 0 aliphatic heterocycles. The van der Waals surface area contributed by atoms with Crippen LogP contribution >= 0.6 is 12.4 Å². The molecule has 0 saturated heterocycles. The van der Waals surface area contributed by atoms with Crippen LogP contribution in [0.5, 0.6) is 0 Å². The first-order chi connectivity index (χ1) is 8.69. The van der Waals surface area contributed by atoms with E-state index in [1.54, 1.807) is 0 Å². The highest BCUT2D eigenvalue weighted by atomic mass is 35.5. The van der Waals surface area contributed by atoms with Crippen molar-refractivity contribution >= 4 is 18.3 Å². The zero-order chi connectivity index (χ0) is 14.6. The van der Waals surface area contributed by atoms with Crippen molar-refractivity contribution in [1.29, 1.82) is 0 Å². The molecule has 0 radical (unpaired) electrons. The minimum absolute atomic E-state index is 0. The van der Waals surface area contributed by atoms with Crippen LogP contribution < -0.4 is 5.73 Å². The molecule has 1 saturated carbocycles. The van der Waals surface area contributed by atoms with E-state index in [-0.39, 0.29) is 30.8 Å². The Kier molecular flexibility index (Phi) is 7.88. The summed E-state index contributed by atoms with van der Waals surface area (Å²) in [6.07, 6.45) is -2.69.